The molecule has 5 rings (SSSR count). The minimum atomic E-state index is -0.321. The predicted molar refractivity (Wildman–Crippen MR) is 117 cm³/mol. The zero-order valence-corrected chi connectivity index (χ0v) is 17.4. The number of hydrogen-bond acceptors (Lipinski definition) is 4. The Morgan fingerprint density at radius 1 is 1.20 bits per heavy atom. The third-order valence-corrected chi connectivity index (χ3v) is 6.10. The van der Waals surface area contributed by atoms with E-state index in [4.69, 9.17) is 0 Å². The van der Waals surface area contributed by atoms with Crippen LogP contribution in [0.3, 0.4) is 0 Å². The van der Waals surface area contributed by atoms with Crippen molar-refractivity contribution in [2.45, 2.75) is 25.8 Å². The Balaban J connectivity index is 1.58. The van der Waals surface area contributed by atoms with Gasteiger partial charge in [0.25, 0.3) is 5.91 Å². The quantitative estimate of drug-likeness (QED) is 0.630. The number of likely N-dealkylation sites (tertiary alicyclic amines) is 1. The van der Waals surface area contributed by atoms with Gasteiger partial charge in [0.2, 0.25) is 0 Å². The van der Waals surface area contributed by atoms with Crippen molar-refractivity contribution in [3.63, 3.8) is 0 Å². The average molecular weight is 399 g/mol. The summed E-state index contributed by atoms with van der Waals surface area (Å²) in [7, 11) is 0. The molecule has 0 radical (unpaired) electrons. The van der Waals surface area contributed by atoms with Crippen molar-refractivity contribution in [2.24, 2.45) is 0 Å². The number of carbonyl (C=O) groups excluding carboxylic acids is 1. The molecule has 5 heterocycles. The Labute approximate surface area is 176 Å². The first-order valence-electron chi connectivity index (χ1n) is 10.3. The monoisotopic (exact) mass is 399 g/mol. The molecular formula is C24H25N5O. The van der Waals surface area contributed by atoms with E-state index in [9.17, 15) is 4.79 Å². The van der Waals surface area contributed by atoms with Gasteiger partial charge in [0.1, 0.15) is 11.2 Å². The molecule has 1 spiro atoms. The van der Waals surface area contributed by atoms with E-state index in [0.717, 1.165) is 29.2 Å². The summed E-state index contributed by atoms with van der Waals surface area (Å²) in [5.41, 5.74) is 4.36. The minimum absolute atomic E-state index is 0.0130. The molecule has 6 nitrogen and oxygen atoms in total. The van der Waals surface area contributed by atoms with Gasteiger partial charge in [-0.1, -0.05) is 18.2 Å². The summed E-state index contributed by atoms with van der Waals surface area (Å²) in [6.45, 7) is 10.1. The molecule has 0 bridgehead atoms. The lowest BCUT2D eigenvalue weighted by molar-refractivity contribution is 0.0776. The molecule has 0 aromatic carbocycles. The smallest absolute Gasteiger partial charge is 0.272 e. The first-order chi connectivity index (χ1) is 14.5. The highest BCUT2D eigenvalue weighted by Crippen LogP contribution is 2.47. The largest absolute Gasteiger partial charge is 0.351 e. The Morgan fingerprint density at radius 2 is 2.07 bits per heavy atom. The van der Waals surface area contributed by atoms with Crippen molar-refractivity contribution < 1.29 is 4.79 Å². The van der Waals surface area contributed by atoms with E-state index in [0.29, 0.717) is 25.3 Å². The molecule has 0 aliphatic carbocycles. The van der Waals surface area contributed by atoms with Crippen LogP contribution in [0.2, 0.25) is 0 Å². The normalized spacial score (nSPS) is 19.7. The first-order valence-corrected chi connectivity index (χ1v) is 10.3. The zero-order valence-electron chi connectivity index (χ0n) is 17.4. The molecule has 0 N–H and O–H groups in total. The van der Waals surface area contributed by atoms with Crippen LogP contribution in [0, 0.1) is 6.92 Å². The van der Waals surface area contributed by atoms with Gasteiger partial charge < -0.3 is 14.4 Å². The number of aromatic nitrogens is 3. The fourth-order valence-electron chi connectivity index (χ4n) is 4.83. The summed E-state index contributed by atoms with van der Waals surface area (Å²) < 4.78 is 2.17. The van der Waals surface area contributed by atoms with Crippen LogP contribution in [0.1, 0.15) is 35.2 Å². The van der Waals surface area contributed by atoms with E-state index in [1.807, 2.05) is 43.1 Å². The molecule has 3 aromatic heterocycles. The van der Waals surface area contributed by atoms with Gasteiger partial charge in [0.05, 0.1) is 11.4 Å². The standard InChI is InChI=1S/C24H25N5O/c1-17(2)15-29-20-9-5-12-25-22(20)28-13-6-10-21(28)24(29)11-14-27(16-24)23(30)19-8-4-7-18(3)26-19/h4-10,12-13H,1,11,14-16H2,2-3H3/t24-/m1/s1. The van der Waals surface area contributed by atoms with E-state index >= 15 is 0 Å². The topological polar surface area (TPSA) is 54.3 Å². The van der Waals surface area contributed by atoms with Crippen LogP contribution >= 0.6 is 0 Å². The highest BCUT2D eigenvalue weighted by Gasteiger charge is 2.50. The molecular weight excluding hydrogens is 374 g/mol. The number of amides is 1. The summed E-state index contributed by atoms with van der Waals surface area (Å²) in [6, 6.07) is 13.9. The fourth-order valence-corrected chi connectivity index (χ4v) is 4.83. The SMILES string of the molecule is C=C(C)CN1c2cccnc2-n2cccc2[C@]12CCN(C(=O)c1cccc(C)n1)C2. The van der Waals surface area contributed by atoms with Gasteiger partial charge in [-0.15, -0.1) is 0 Å². The van der Waals surface area contributed by atoms with Crippen LogP contribution in [0.5, 0.6) is 0 Å². The molecule has 0 unspecified atom stereocenters. The maximum absolute atomic E-state index is 13.3. The number of hydrogen-bond donors (Lipinski definition) is 0. The summed E-state index contributed by atoms with van der Waals surface area (Å²) in [6.07, 6.45) is 4.73. The number of rotatable bonds is 3. The third kappa shape index (κ3) is 2.75. The van der Waals surface area contributed by atoms with Crippen molar-refractivity contribution in [1.82, 2.24) is 19.4 Å². The second-order valence-corrected chi connectivity index (χ2v) is 8.33. The molecule has 152 valence electrons. The summed E-state index contributed by atoms with van der Waals surface area (Å²) in [4.78, 5) is 26.7. The molecule has 0 saturated carbocycles. The minimum Gasteiger partial charge on any atom is -0.351 e. The van der Waals surface area contributed by atoms with Gasteiger partial charge in [-0.05, 0) is 56.7 Å². The van der Waals surface area contributed by atoms with Crippen molar-refractivity contribution in [3.05, 3.63) is 84.1 Å². The third-order valence-electron chi connectivity index (χ3n) is 6.10. The maximum atomic E-state index is 13.3. The van der Waals surface area contributed by atoms with Crippen LogP contribution in [0.15, 0.2) is 67.0 Å². The highest BCUT2D eigenvalue weighted by atomic mass is 16.2. The lowest BCUT2D eigenvalue weighted by Crippen LogP contribution is -2.53. The summed E-state index contributed by atoms with van der Waals surface area (Å²) in [5, 5.41) is 0. The molecule has 1 atom stereocenters. The van der Waals surface area contributed by atoms with Crippen molar-refractivity contribution in [1.29, 1.82) is 0 Å². The van der Waals surface area contributed by atoms with Crippen molar-refractivity contribution in [2.75, 3.05) is 24.5 Å². The highest BCUT2D eigenvalue weighted by molar-refractivity contribution is 5.92. The second-order valence-electron chi connectivity index (χ2n) is 8.33. The van der Waals surface area contributed by atoms with E-state index < -0.39 is 0 Å². The predicted octanol–water partition coefficient (Wildman–Crippen LogP) is 3.71. The van der Waals surface area contributed by atoms with E-state index in [1.165, 1.54) is 5.69 Å². The van der Waals surface area contributed by atoms with E-state index in [-0.39, 0.29) is 11.4 Å². The first kappa shape index (κ1) is 18.6. The molecule has 1 fully saturated rings. The summed E-state index contributed by atoms with van der Waals surface area (Å²) >= 11 is 0. The van der Waals surface area contributed by atoms with Crippen molar-refractivity contribution in [3.8, 4) is 5.82 Å². The van der Waals surface area contributed by atoms with E-state index in [2.05, 4.69) is 50.4 Å². The van der Waals surface area contributed by atoms with Gasteiger partial charge in [-0.2, -0.15) is 0 Å². The van der Waals surface area contributed by atoms with Gasteiger partial charge in [-0.25, -0.2) is 9.97 Å². The number of aryl methyl sites for hydroxylation is 1. The number of nitrogens with zero attached hydrogens (tertiary/aromatic N) is 5. The molecule has 30 heavy (non-hydrogen) atoms. The Hall–Kier alpha value is -3.41. The zero-order chi connectivity index (χ0) is 20.9. The Kier molecular flexibility index (Phi) is 4.24. The van der Waals surface area contributed by atoms with Gasteiger partial charge in [0.15, 0.2) is 5.82 Å². The van der Waals surface area contributed by atoms with Gasteiger partial charge in [0, 0.05) is 37.7 Å². The van der Waals surface area contributed by atoms with Crippen molar-refractivity contribution >= 4 is 11.6 Å². The molecule has 6 heteroatoms. The van der Waals surface area contributed by atoms with Crippen LogP contribution < -0.4 is 4.90 Å². The average Bonchev–Trinajstić information content (AvgIpc) is 3.39. The van der Waals surface area contributed by atoms with Crippen LogP contribution in [-0.4, -0.2) is 45.0 Å². The lowest BCUT2D eigenvalue weighted by Gasteiger charge is -2.47. The molecule has 2 aliphatic rings. The Morgan fingerprint density at radius 3 is 2.87 bits per heavy atom. The molecule has 3 aromatic rings. The Bertz CT molecular complexity index is 1150. The van der Waals surface area contributed by atoms with Gasteiger partial charge in [-0.3, -0.25) is 4.79 Å². The summed E-state index contributed by atoms with van der Waals surface area (Å²) in [5.74, 6) is 0.912. The number of anilines is 1. The molecule has 2 aliphatic heterocycles. The van der Waals surface area contributed by atoms with E-state index in [1.54, 1.807) is 6.07 Å². The molecule has 1 amide bonds. The van der Waals surface area contributed by atoms with Crippen LogP contribution in [0.25, 0.3) is 5.82 Å². The van der Waals surface area contributed by atoms with Crippen LogP contribution in [-0.2, 0) is 5.54 Å². The fraction of sp³-hybridized carbons (Fsp3) is 0.292. The molecule has 1 saturated heterocycles. The maximum Gasteiger partial charge on any atom is 0.272 e. The lowest BCUT2D eigenvalue weighted by atomic mass is 9.88. The number of fused-ring (bicyclic) bond motifs is 4. The second kappa shape index (κ2) is 6.83. The number of carbonyl (C=O) groups is 1. The van der Waals surface area contributed by atoms with Gasteiger partial charge >= 0.3 is 0 Å². The number of pyridine rings is 2. The van der Waals surface area contributed by atoms with Crippen LogP contribution in [0.4, 0.5) is 5.69 Å².